The Balaban J connectivity index is 1.46. The van der Waals surface area contributed by atoms with E-state index in [0.717, 1.165) is 16.9 Å². The Labute approximate surface area is 197 Å². The first-order chi connectivity index (χ1) is 16.2. The molecule has 0 saturated carbocycles. The largest absolute Gasteiger partial charge is 0.350 e. The summed E-state index contributed by atoms with van der Waals surface area (Å²) >= 11 is 0. The van der Waals surface area contributed by atoms with Crippen molar-refractivity contribution in [3.05, 3.63) is 99.9 Å². The van der Waals surface area contributed by atoms with Crippen molar-refractivity contribution in [2.45, 2.75) is 32.7 Å². The van der Waals surface area contributed by atoms with Crippen LogP contribution in [0.15, 0.2) is 71.8 Å². The van der Waals surface area contributed by atoms with Crippen molar-refractivity contribution < 1.29 is 13.2 Å². The highest BCUT2D eigenvalue weighted by Gasteiger charge is 2.17. The Morgan fingerprint density at radius 3 is 2.56 bits per heavy atom. The zero-order chi connectivity index (χ0) is 24.3. The fourth-order valence-corrected chi connectivity index (χ4v) is 4.89. The van der Waals surface area contributed by atoms with E-state index in [0.29, 0.717) is 11.3 Å². The standard InChI is InChI=1S/C24H25N5O4S/c1-17-8-10-21(27-34(32,33)16-19-6-4-3-5-7-19)24(31)29(17)15-23(30)26-14-20-9-11-22-25-12-13-28(22)18(20)2/h3-13,27H,14-16H2,1-2H3,(H,26,30). The fraction of sp³-hybridized carbons (Fsp3) is 0.208. The average molecular weight is 480 g/mol. The zero-order valence-electron chi connectivity index (χ0n) is 18.9. The molecule has 2 N–H and O–H groups in total. The first kappa shape index (κ1) is 23.2. The van der Waals surface area contributed by atoms with Crippen molar-refractivity contribution in [1.82, 2.24) is 19.3 Å². The molecule has 0 aliphatic rings. The van der Waals surface area contributed by atoms with Crippen molar-refractivity contribution in [2.75, 3.05) is 4.72 Å². The minimum absolute atomic E-state index is 0.101. The number of aryl methyl sites for hydroxylation is 2. The van der Waals surface area contributed by atoms with Gasteiger partial charge in [-0.15, -0.1) is 0 Å². The van der Waals surface area contributed by atoms with E-state index in [1.54, 1.807) is 49.5 Å². The lowest BCUT2D eigenvalue weighted by Gasteiger charge is -2.14. The predicted octanol–water partition coefficient (Wildman–Crippen LogP) is 2.37. The van der Waals surface area contributed by atoms with Gasteiger partial charge < -0.3 is 14.3 Å². The van der Waals surface area contributed by atoms with Crippen molar-refractivity contribution in [1.29, 1.82) is 0 Å². The molecular weight excluding hydrogens is 454 g/mol. The molecule has 0 spiro atoms. The lowest BCUT2D eigenvalue weighted by atomic mass is 10.2. The lowest BCUT2D eigenvalue weighted by Crippen LogP contribution is -2.34. The van der Waals surface area contributed by atoms with E-state index in [9.17, 15) is 18.0 Å². The number of rotatable bonds is 8. The molecule has 0 fully saturated rings. The zero-order valence-corrected chi connectivity index (χ0v) is 19.7. The number of nitrogens with zero attached hydrogens (tertiary/aromatic N) is 3. The molecule has 4 aromatic rings. The highest BCUT2D eigenvalue weighted by molar-refractivity contribution is 7.91. The number of pyridine rings is 2. The fourth-order valence-electron chi connectivity index (χ4n) is 3.69. The molecule has 1 amide bonds. The highest BCUT2D eigenvalue weighted by atomic mass is 32.2. The van der Waals surface area contributed by atoms with Crippen LogP contribution in [0.1, 0.15) is 22.5 Å². The van der Waals surface area contributed by atoms with Crippen LogP contribution in [-0.2, 0) is 33.7 Å². The molecule has 0 aliphatic carbocycles. The summed E-state index contributed by atoms with van der Waals surface area (Å²) in [4.78, 5) is 29.8. The molecule has 0 saturated heterocycles. The number of aromatic nitrogens is 3. The van der Waals surface area contributed by atoms with Crippen LogP contribution in [0.4, 0.5) is 5.69 Å². The van der Waals surface area contributed by atoms with Gasteiger partial charge in [0.2, 0.25) is 15.9 Å². The number of nitrogens with one attached hydrogen (secondary N) is 2. The third-order valence-corrected chi connectivity index (χ3v) is 6.81. The Hall–Kier alpha value is -3.92. The van der Waals surface area contributed by atoms with E-state index < -0.39 is 15.6 Å². The topological polar surface area (TPSA) is 115 Å². The van der Waals surface area contributed by atoms with E-state index in [2.05, 4.69) is 15.0 Å². The van der Waals surface area contributed by atoms with Gasteiger partial charge in [0.25, 0.3) is 5.56 Å². The molecule has 176 valence electrons. The maximum atomic E-state index is 12.9. The van der Waals surface area contributed by atoms with E-state index in [4.69, 9.17) is 0 Å². The summed E-state index contributed by atoms with van der Waals surface area (Å²) in [5, 5.41) is 2.83. The van der Waals surface area contributed by atoms with Crippen LogP contribution in [0.25, 0.3) is 5.65 Å². The summed E-state index contributed by atoms with van der Waals surface area (Å²) in [7, 11) is -3.80. The second-order valence-electron chi connectivity index (χ2n) is 8.00. The van der Waals surface area contributed by atoms with Crippen LogP contribution in [0.2, 0.25) is 0 Å². The third kappa shape index (κ3) is 5.18. The Kier molecular flexibility index (Phi) is 6.51. The first-order valence-corrected chi connectivity index (χ1v) is 12.3. The highest BCUT2D eigenvalue weighted by Crippen LogP contribution is 2.12. The van der Waals surface area contributed by atoms with Gasteiger partial charge in [-0.1, -0.05) is 36.4 Å². The average Bonchev–Trinajstić information content (AvgIpc) is 3.28. The van der Waals surface area contributed by atoms with Gasteiger partial charge in [-0.2, -0.15) is 0 Å². The second kappa shape index (κ2) is 9.52. The summed E-state index contributed by atoms with van der Waals surface area (Å²) in [5.41, 5.74) is 3.16. The number of benzene rings is 1. The molecule has 0 bridgehead atoms. The summed E-state index contributed by atoms with van der Waals surface area (Å²) in [6.07, 6.45) is 3.56. The molecule has 0 atom stereocenters. The van der Waals surface area contributed by atoms with Gasteiger partial charge in [-0.05, 0) is 43.2 Å². The summed E-state index contributed by atoms with van der Waals surface area (Å²) < 4.78 is 30.7. The molecule has 34 heavy (non-hydrogen) atoms. The van der Waals surface area contributed by atoms with Crippen LogP contribution in [0.3, 0.4) is 0 Å². The quantitative estimate of drug-likeness (QED) is 0.403. The minimum Gasteiger partial charge on any atom is -0.350 e. The van der Waals surface area contributed by atoms with Crippen LogP contribution < -0.4 is 15.6 Å². The molecule has 3 aromatic heterocycles. The molecular formula is C24H25N5O4S. The van der Waals surface area contributed by atoms with Gasteiger partial charge in [-0.25, -0.2) is 13.4 Å². The second-order valence-corrected chi connectivity index (χ2v) is 9.72. The van der Waals surface area contributed by atoms with Crippen LogP contribution in [0, 0.1) is 13.8 Å². The number of fused-ring (bicyclic) bond motifs is 1. The Morgan fingerprint density at radius 2 is 1.79 bits per heavy atom. The molecule has 0 unspecified atom stereocenters. The van der Waals surface area contributed by atoms with Crippen molar-refractivity contribution in [3.8, 4) is 0 Å². The number of anilines is 1. The molecule has 3 heterocycles. The lowest BCUT2D eigenvalue weighted by molar-refractivity contribution is -0.121. The van der Waals surface area contributed by atoms with Gasteiger partial charge in [0.15, 0.2) is 0 Å². The van der Waals surface area contributed by atoms with Gasteiger partial charge in [0.05, 0.1) is 5.75 Å². The van der Waals surface area contributed by atoms with E-state index in [-0.39, 0.29) is 30.4 Å². The van der Waals surface area contributed by atoms with Crippen molar-refractivity contribution in [2.24, 2.45) is 0 Å². The van der Waals surface area contributed by atoms with E-state index in [1.165, 1.54) is 10.6 Å². The molecule has 1 aromatic carbocycles. The Morgan fingerprint density at radius 1 is 1.03 bits per heavy atom. The van der Waals surface area contributed by atoms with Gasteiger partial charge in [0, 0.05) is 30.3 Å². The van der Waals surface area contributed by atoms with Gasteiger partial charge in [-0.3, -0.25) is 14.3 Å². The number of hydrogen-bond donors (Lipinski definition) is 2. The van der Waals surface area contributed by atoms with Crippen LogP contribution >= 0.6 is 0 Å². The van der Waals surface area contributed by atoms with E-state index in [1.807, 2.05) is 29.7 Å². The van der Waals surface area contributed by atoms with Crippen LogP contribution in [0.5, 0.6) is 0 Å². The molecule has 0 aliphatic heterocycles. The molecule has 9 nitrogen and oxygen atoms in total. The molecule has 10 heteroatoms. The third-order valence-electron chi connectivity index (χ3n) is 5.56. The maximum absolute atomic E-state index is 12.9. The monoisotopic (exact) mass is 479 g/mol. The normalized spacial score (nSPS) is 11.5. The maximum Gasteiger partial charge on any atom is 0.275 e. The van der Waals surface area contributed by atoms with Crippen molar-refractivity contribution >= 4 is 27.3 Å². The minimum atomic E-state index is -3.80. The number of carbonyl (C=O) groups excluding carboxylic acids is 1. The van der Waals surface area contributed by atoms with Crippen molar-refractivity contribution in [3.63, 3.8) is 0 Å². The molecule has 4 rings (SSSR count). The predicted molar refractivity (Wildman–Crippen MR) is 130 cm³/mol. The first-order valence-electron chi connectivity index (χ1n) is 10.7. The van der Waals surface area contributed by atoms with Crippen LogP contribution in [-0.4, -0.2) is 28.3 Å². The summed E-state index contributed by atoms with van der Waals surface area (Å²) in [6.45, 7) is 3.69. The number of sulfonamides is 1. The number of carbonyl (C=O) groups is 1. The molecule has 0 radical (unpaired) electrons. The number of imidazole rings is 1. The SMILES string of the molecule is Cc1ccc(NS(=O)(=O)Cc2ccccc2)c(=O)n1CC(=O)NCc1ccc2nccn2c1C. The Bertz CT molecular complexity index is 1510. The summed E-state index contributed by atoms with van der Waals surface area (Å²) in [5.74, 6) is -0.623. The van der Waals surface area contributed by atoms with Gasteiger partial charge >= 0.3 is 0 Å². The number of amides is 1. The van der Waals surface area contributed by atoms with Gasteiger partial charge in [0.1, 0.15) is 17.9 Å². The smallest absolute Gasteiger partial charge is 0.275 e. The number of hydrogen-bond acceptors (Lipinski definition) is 5. The summed E-state index contributed by atoms with van der Waals surface area (Å²) in [6, 6.07) is 15.5. The van der Waals surface area contributed by atoms with E-state index >= 15 is 0 Å².